The molecule has 1 fully saturated rings. The molecule has 1 saturated heterocycles. The van der Waals surface area contributed by atoms with Gasteiger partial charge in [0.05, 0.1) is 0 Å². The van der Waals surface area contributed by atoms with Crippen molar-refractivity contribution in [3.8, 4) is 0 Å². The average Bonchev–Trinajstić information content (AvgIpc) is 2.90. The van der Waals surface area contributed by atoms with Gasteiger partial charge in [0, 0.05) is 32.7 Å². The van der Waals surface area contributed by atoms with E-state index in [9.17, 15) is 0 Å². The van der Waals surface area contributed by atoms with Gasteiger partial charge in [-0.25, -0.2) is 0 Å². The van der Waals surface area contributed by atoms with E-state index in [0.717, 1.165) is 37.8 Å². The van der Waals surface area contributed by atoms with Crippen LogP contribution in [0.3, 0.4) is 0 Å². The molecule has 0 aromatic rings. The van der Waals surface area contributed by atoms with Gasteiger partial charge in [0.1, 0.15) is 0 Å². The van der Waals surface area contributed by atoms with Crippen molar-refractivity contribution in [3.05, 3.63) is 12.2 Å². The molecule has 2 N–H and O–H groups in total. The normalized spacial score (nSPS) is 25.8. The molecular weight excluding hydrogens is 236 g/mol. The number of piperidine rings is 1. The van der Waals surface area contributed by atoms with Gasteiger partial charge in [-0.15, -0.1) is 0 Å². The molecule has 0 spiro atoms. The summed E-state index contributed by atoms with van der Waals surface area (Å²) in [5.74, 6) is 1.80. The first-order valence-corrected chi connectivity index (χ1v) is 7.62. The fourth-order valence-corrected chi connectivity index (χ4v) is 2.95. The predicted octanol–water partition coefficient (Wildman–Crippen LogP) is 1.60. The highest BCUT2D eigenvalue weighted by atomic mass is 15.2. The van der Waals surface area contributed by atoms with Crippen molar-refractivity contribution in [1.82, 2.24) is 15.5 Å². The van der Waals surface area contributed by atoms with E-state index in [1.54, 1.807) is 0 Å². The molecule has 0 aromatic heterocycles. The molecule has 108 valence electrons. The first-order valence-electron chi connectivity index (χ1n) is 7.62. The lowest BCUT2D eigenvalue weighted by Gasteiger charge is -2.31. The number of nitrogens with one attached hydrogen (secondary N) is 2. The molecule has 1 unspecified atom stereocenters. The van der Waals surface area contributed by atoms with Crippen LogP contribution in [0.4, 0.5) is 0 Å². The van der Waals surface area contributed by atoms with Crippen LogP contribution in [0.25, 0.3) is 0 Å². The Bertz CT molecular complexity index is 316. The molecule has 1 atom stereocenters. The molecule has 1 aliphatic heterocycles. The van der Waals surface area contributed by atoms with Crippen molar-refractivity contribution in [2.75, 3.05) is 33.2 Å². The van der Waals surface area contributed by atoms with Crippen molar-refractivity contribution < 1.29 is 0 Å². The van der Waals surface area contributed by atoms with E-state index in [1.807, 2.05) is 7.05 Å². The Morgan fingerprint density at radius 1 is 1.37 bits per heavy atom. The standard InChI is InChI=1S/C15H28N4/c1-13-6-5-10-19(12-13)11-9-17-15(16-2)18-14-7-3-4-8-14/h3-4,13-14H,5-12H2,1-2H3,(H2,16,17,18). The minimum atomic E-state index is 0.529. The lowest BCUT2D eigenvalue weighted by Crippen LogP contribution is -2.46. The number of nitrogens with zero attached hydrogens (tertiary/aromatic N) is 2. The monoisotopic (exact) mass is 264 g/mol. The number of hydrogen-bond acceptors (Lipinski definition) is 2. The average molecular weight is 264 g/mol. The van der Waals surface area contributed by atoms with E-state index < -0.39 is 0 Å². The van der Waals surface area contributed by atoms with Crippen LogP contribution in [0.2, 0.25) is 0 Å². The summed E-state index contributed by atoms with van der Waals surface area (Å²) in [7, 11) is 1.85. The summed E-state index contributed by atoms with van der Waals surface area (Å²) in [5, 5.41) is 6.90. The Morgan fingerprint density at radius 2 is 2.16 bits per heavy atom. The highest BCUT2D eigenvalue weighted by Crippen LogP contribution is 2.14. The summed E-state index contributed by atoms with van der Waals surface area (Å²) < 4.78 is 0. The van der Waals surface area contributed by atoms with Gasteiger partial charge < -0.3 is 15.5 Å². The Balaban J connectivity index is 1.62. The Morgan fingerprint density at radius 3 is 2.84 bits per heavy atom. The maximum atomic E-state index is 4.30. The van der Waals surface area contributed by atoms with E-state index in [0.29, 0.717) is 6.04 Å². The van der Waals surface area contributed by atoms with Crippen LogP contribution in [0.5, 0.6) is 0 Å². The number of likely N-dealkylation sites (tertiary alicyclic amines) is 1. The van der Waals surface area contributed by atoms with E-state index in [4.69, 9.17) is 0 Å². The largest absolute Gasteiger partial charge is 0.355 e. The summed E-state index contributed by atoms with van der Waals surface area (Å²) in [6.07, 6.45) is 9.44. The first kappa shape index (κ1) is 14.4. The fraction of sp³-hybridized carbons (Fsp3) is 0.800. The summed E-state index contributed by atoms with van der Waals surface area (Å²) in [6, 6.07) is 0.529. The maximum Gasteiger partial charge on any atom is 0.191 e. The van der Waals surface area contributed by atoms with E-state index in [-0.39, 0.29) is 0 Å². The summed E-state index contributed by atoms with van der Waals surface area (Å²) in [4.78, 5) is 6.86. The first-order chi connectivity index (χ1) is 9.28. The molecule has 1 heterocycles. The zero-order valence-electron chi connectivity index (χ0n) is 12.4. The third kappa shape index (κ3) is 4.86. The third-order valence-corrected chi connectivity index (χ3v) is 4.03. The van der Waals surface area contributed by atoms with Crippen LogP contribution in [0.15, 0.2) is 17.1 Å². The lowest BCUT2D eigenvalue weighted by atomic mass is 10.0. The zero-order valence-corrected chi connectivity index (χ0v) is 12.4. The van der Waals surface area contributed by atoms with Crippen molar-refractivity contribution in [1.29, 1.82) is 0 Å². The zero-order chi connectivity index (χ0) is 13.5. The Labute approximate surface area is 117 Å². The van der Waals surface area contributed by atoms with Crippen molar-refractivity contribution in [2.24, 2.45) is 10.9 Å². The van der Waals surface area contributed by atoms with Gasteiger partial charge in [-0.2, -0.15) is 0 Å². The summed E-state index contributed by atoms with van der Waals surface area (Å²) in [6.45, 7) is 6.96. The number of rotatable bonds is 4. The maximum absolute atomic E-state index is 4.30. The molecule has 0 amide bonds. The van der Waals surface area contributed by atoms with Crippen molar-refractivity contribution >= 4 is 5.96 Å². The van der Waals surface area contributed by atoms with Crippen LogP contribution in [0, 0.1) is 5.92 Å². The molecule has 0 bridgehead atoms. The molecule has 4 nitrogen and oxygen atoms in total. The van der Waals surface area contributed by atoms with Gasteiger partial charge >= 0.3 is 0 Å². The lowest BCUT2D eigenvalue weighted by molar-refractivity contribution is 0.187. The van der Waals surface area contributed by atoms with Crippen LogP contribution >= 0.6 is 0 Å². The Kier molecular flexibility index (Phi) is 5.70. The SMILES string of the molecule is CN=C(NCCN1CCCC(C)C1)NC1CC=CC1. The second kappa shape index (κ2) is 7.53. The smallest absolute Gasteiger partial charge is 0.191 e. The quantitative estimate of drug-likeness (QED) is 0.460. The van der Waals surface area contributed by atoms with E-state index in [2.05, 4.69) is 39.6 Å². The molecule has 19 heavy (non-hydrogen) atoms. The minimum absolute atomic E-state index is 0.529. The number of guanidine groups is 1. The van der Waals surface area contributed by atoms with Crippen LogP contribution < -0.4 is 10.6 Å². The predicted molar refractivity (Wildman–Crippen MR) is 81.5 cm³/mol. The fourth-order valence-electron chi connectivity index (χ4n) is 2.95. The molecule has 0 radical (unpaired) electrons. The van der Waals surface area contributed by atoms with Gasteiger partial charge in [0.25, 0.3) is 0 Å². The number of hydrogen-bond donors (Lipinski definition) is 2. The molecule has 2 aliphatic rings. The highest BCUT2D eigenvalue weighted by molar-refractivity contribution is 5.80. The molecule has 4 heteroatoms. The van der Waals surface area contributed by atoms with Crippen LogP contribution in [-0.2, 0) is 0 Å². The van der Waals surface area contributed by atoms with Crippen LogP contribution in [-0.4, -0.2) is 50.1 Å². The molecule has 2 rings (SSSR count). The van der Waals surface area contributed by atoms with E-state index in [1.165, 1.54) is 25.9 Å². The number of aliphatic imine (C=N–C) groups is 1. The molecule has 0 saturated carbocycles. The van der Waals surface area contributed by atoms with Gasteiger partial charge in [-0.05, 0) is 38.1 Å². The Hall–Kier alpha value is -1.03. The molecule has 0 aromatic carbocycles. The highest BCUT2D eigenvalue weighted by Gasteiger charge is 2.16. The molecular formula is C15H28N4. The van der Waals surface area contributed by atoms with Gasteiger partial charge in [0.15, 0.2) is 5.96 Å². The summed E-state index contributed by atoms with van der Waals surface area (Å²) in [5.41, 5.74) is 0. The second-order valence-corrected chi connectivity index (χ2v) is 5.83. The minimum Gasteiger partial charge on any atom is -0.355 e. The van der Waals surface area contributed by atoms with Crippen molar-refractivity contribution in [3.63, 3.8) is 0 Å². The third-order valence-electron chi connectivity index (χ3n) is 4.03. The van der Waals surface area contributed by atoms with Gasteiger partial charge in [0.2, 0.25) is 0 Å². The second-order valence-electron chi connectivity index (χ2n) is 5.83. The van der Waals surface area contributed by atoms with Crippen LogP contribution in [0.1, 0.15) is 32.6 Å². The van der Waals surface area contributed by atoms with Crippen molar-refractivity contribution in [2.45, 2.75) is 38.6 Å². The summed E-state index contributed by atoms with van der Waals surface area (Å²) >= 11 is 0. The topological polar surface area (TPSA) is 39.7 Å². The van der Waals surface area contributed by atoms with Gasteiger partial charge in [-0.3, -0.25) is 4.99 Å². The molecule has 1 aliphatic carbocycles. The van der Waals surface area contributed by atoms with E-state index >= 15 is 0 Å². The van der Waals surface area contributed by atoms with Gasteiger partial charge in [-0.1, -0.05) is 19.1 Å².